The van der Waals surface area contributed by atoms with Crippen molar-refractivity contribution in [3.05, 3.63) is 136 Å². The molecule has 0 unspecified atom stereocenters. The first-order chi connectivity index (χ1) is 29.1. The van der Waals surface area contributed by atoms with E-state index in [1.807, 2.05) is 11.3 Å². The second kappa shape index (κ2) is 12.9. The summed E-state index contributed by atoms with van der Waals surface area (Å²) in [7, 11) is 0. The maximum atomic E-state index is 2.75. The lowest BCUT2D eigenvalue weighted by atomic mass is 9.46. The van der Waals surface area contributed by atoms with Gasteiger partial charge in [-0.1, -0.05) is 125 Å². The highest BCUT2D eigenvalue weighted by molar-refractivity contribution is 7.32. The van der Waals surface area contributed by atoms with Crippen LogP contribution in [-0.2, 0) is 27.1 Å². The predicted octanol–water partition coefficient (Wildman–Crippen LogP) is 15.4. The maximum Gasteiger partial charge on any atom is 0.343 e. The van der Waals surface area contributed by atoms with Gasteiger partial charge in [0.15, 0.2) is 0 Å². The van der Waals surface area contributed by atoms with Gasteiger partial charge in [0, 0.05) is 43.2 Å². The number of aryl methyl sites for hydroxylation is 2. The van der Waals surface area contributed by atoms with Crippen molar-refractivity contribution in [3.8, 4) is 11.1 Å². The van der Waals surface area contributed by atoms with Gasteiger partial charge in [-0.2, -0.15) is 0 Å². The van der Waals surface area contributed by atoms with Gasteiger partial charge in [-0.05, 0) is 176 Å². The Morgan fingerprint density at radius 2 is 1.13 bits per heavy atom. The van der Waals surface area contributed by atoms with E-state index in [1.165, 1.54) is 135 Å². The van der Waals surface area contributed by atoms with Gasteiger partial charge in [-0.15, -0.1) is 11.3 Å². The zero-order valence-electron chi connectivity index (χ0n) is 39.4. The summed E-state index contributed by atoms with van der Waals surface area (Å²) in [6.45, 7) is 31.4. The molecule has 0 saturated carbocycles. The van der Waals surface area contributed by atoms with Crippen molar-refractivity contribution in [2.75, 3.05) is 9.71 Å². The molecule has 0 N–H and O–H groups in total. The van der Waals surface area contributed by atoms with Gasteiger partial charge >= 0.3 is 6.85 Å². The first-order valence-electron chi connectivity index (χ1n) is 23.3. The van der Waals surface area contributed by atoms with Crippen LogP contribution in [0, 0.1) is 13.8 Å². The standard InChI is InChI=1S/C58H63BN2S/c1-34-26-41-40-29-36-16-14-15-17-37(36)30-48(40)61(39-20-18-38(19-21-39)54(3,4)5)59-51(41)49(27-34)60(47-32-45-43(28-35(47)2)55(6,7)22-24-57(45,10)11)52-42-31-44-46(33-50(42)62-53(52)59)58(12,13)25-23-56(44,8)9/h14-21,26-33H,22-25H2,1-13H3. The lowest BCUT2D eigenvalue weighted by Crippen LogP contribution is -2.60. The zero-order chi connectivity index (χ0) is 43.6. The minimum atomic E-state index is -0.00949. The van der Waals surface area contributed by atoms with Crippen molar-refractivity contribution in [1.29, 1.82) is 0 Å². The van der Waals surface area contributed by atoms with E-state index in [-0.39, 0.29) is 33.9 Å². The van der Waals surface area contributed by atoms with E-state index in [0.717, 1.165) is 0 Å². The summed E-state index contributed by atoms with van der Waals surface area (Å²) in [6, 6.07) is 39.0. The summed E-state index contributed by atoms with van der Waals surface area (Å²) in [5.41, 5.74) is 21.2. The number of anilines is 5. The Balaban J connectivity index is 1.29. The van der Waals surface area contributed by atoms with Crippen molar-refractivity contribution in [2.45, 2.75) is 143 Å². The van der Waals surface area contributed by atoms with Gasteiger partial charge in [-0.3, -0.25) is 0 Å². The van der Waals surface area contributed by atoms with Crippen LogP contribution < -0.4 is 20.0 Å². The molecule has 3 heterocycles. The molecule has 0 radical (unpaired) electrons. The molecular weight excluding hydrogens is 768 g/mol. The predicted molar refractivity (Wildman–Crippen MR) is 272 cm³/mol. The van der Waals surface area contributed by atoms with Crippen molar-refractivity contribution in [1.82, 2.24) is 0 Å². The van der Waals surface area contributed by atoms with Gasteiger partial charge < -0.3 is 9.71 Å². The molecule has 0 atom stereocenters. The molecule has 11 rings (SSSR count). The monoisotopic (exact) mass is 830 g/mol. The number of hydrogen-bond donors (Lipinski definition) is 0. The third kappa shape index (κ3) is 5.73. The van der Waals surface area contributed by atoms with E-state index in [9.17, 15) is 0 Å². The molecule has 0 saturated heterocycles. The molecule has 2 nitrogen and oxygen atoms in total. The highest BCUT2D eigenvalue weighted by Crippen LogP contribution is 2.56. The molecule has 314 valence electrons. The molecule has 0 amide bonds. The normalized spacial score (nSPS) is 18.9. The van der Waals surface area contributed by atoms with Crippen LogP contribution in [0.15, 0.2) is 97.1 Å². The largest absolute Gasteiger partial charge is 0.376 e. The van der Waals surface area contributed by atoms with Crippen LogP contribution in [0.25, 0.3) is 32.0 Å². The maximum absolute atomic E-state index is 2.75. The van der Waals surface area contributed by atoms with Crippen molar-refractivity contribution in [3.63, 3.8) is 0 Å². The fourth-order valence-corrected chi connectivity index (χ4v) is 13.3. The summed E-state index contributed by atoms with van der Waals surface area (Å²) in [5.74, 6) is 0. The third-order valence-corrected chi connectivity index (χ3v) is 17.2. The molecule has 2 aliphatic heterocycles. The van der Waals surface area contributed by atoms with Crippen LogP contribution in [0.4, 0.5) is 28.4 Å². The summed E-state index contributed by atoms with van der Waals surface area (Å²) in [5, 5.41) is 3.96. The van der Waals surface area contributed by atoms with Crippen molar-refractivity contribution < 1.29 is 0 Å². The Hall–Kier alpha value is -4.80. The minimum absolute atomic E-state index is 0.00949. The smallest absolute Gasteiger partial charge is 0.343 e. The molecule has 4 heteroatoms. The summed E-state index contributed by atoms with van der Waals surface area (Å²) in [4.78, 5) is 5.48. The Kier molecular flexibility index (Phi) is 8.33. The number of hydrogen-bond acceptors (Lipinski definition) is 3. The van der Waals surface area contributed by atoms with E-state index < -0.39 is 0 Å². The van der Waals surface area contributed by atoms with Gasteiger partial charge in [0.25, 0.3) is 0 Å². The number of nitrogens with zero attached hydrogens (tertiary/aromatic N) is 2. The third-order valence-electron chi connectivity index (χ3n) is 16.0. The van der Waals surface area contributed by atoms with Crippen LogP contribution in [0.2, 0.25) is 0 Å². The number of benzene rings is 6. The summed E-state index contributed by atoms with van der Waals surface area (Å²) < 4.78 is 2.84. The lowest BCUT2D eigenvalue weighted by Gasteiger charge is -2.46. The highest BCUT2D eigenvalue weighted by Gasteiger charge is 2.49. The fourth-order valence-electron chi connectivity index (χ4n) is 11.9. The fraction of sp³-hybridized carbons (Fsp3) is 0.379. The average molecular weight is 831 g/mol. The highest BCUT2D eigenvalue weighted by atomic mass is 32.1. The molecule has 1 aromatic heterocycles. The molecule has 2 aliphatic carbocycles. The van der Waals surface area contributed by atoms with Crippen LogP contribution in [-0.4, -0.2) is 6.85 Å². The Morgan fingerprint density at radius 3 is 1.74 bits per heavy atom. The van der Waals surface area contributed by atoms with E-state index in [1.54, 1.807) is 0 Å². The van der Waals surface area contributed by atoms with Crippen LogP contribution in [0.5, 0.6) is 0 Å². The molecular formula is C58H63BN2S. The summed E-state index contributed by atoms with van der Waals surface area (Å²) >= 11 is 2.05. The van der Waals surface area contributed by atoms with E-state index in [4.69, 9.17) is 0 Å². The molecule has 62 heavy (non-hydrogen) atoms. The van der Waals surface area contributed by atoms with Crippen molar-refractivity contribution in [2.24, 2.45) is 0 Å². The molecule has 6 aromatic carbocycles. The average Bonchev–Trinajstić information content (AvgIpc) is 3.59. The first-order valence-corrected chi connectivity index (χ1v) is 24.1. The van der Waals surface area contributed by atoms with Gasteiger partial charge in [0.2, 0.25) is 0 Å². The molecule has 4 aliphatic rings. The van der Waals surface area contributed by atoms with E-state index in [0.29, 0.717) is 0 Å². The van der Waals surface area contributed by atoms with Crippen molar-refractivity contribution >= 4 is 77.7 Å². The molecule has 7 aromatic rings. The second-order valence-electron chi connectivity index (χ2n) is 23.3. The van der Waals surface area contributed by atoms with Crippen LogP contribution in [0.1, 0.15) is 141 Å². The summed E-state index contributed by atoms with van der Waals surface area (Å²) in [6.07, 6.45) is 4.80. The van der Waals surface area contributed by atoms with Gasteiger partial charge in [-0.25, -0.2) is 0 Å². The Bertz CT molecular complexity index is 3040. The number of fused-ring (bicyclic) bond motifs is 9. The van der Waals surface area contributed by atoms with Crippen LogP contribution in [0.3, 0.4) is 0 Å². The number of rotatable bonds is 2. The van der Waals surface area contributed by atoms with E-state index in [2.05, 4.69) is 197 Å². The topological polar surface area (TPSA) is 6.48 Å². The second-order valence-corrected chi connectivity index (χ2v) is 24.4. The number of thiophene rings is 1. The zero-order valence-corrected chi connectivity index (χ0v) is 40.3. The van der Waals surface area contributed by atoms with Gasteiger partial charge in [0.05, 0.1) is 5.69 Å². The van der Waals surface area contributed by atoms with E-state index >= 15 is 0 Å². The molecule has 0 bridgehead atoms. The minimum Gasteiger partial charge on any atom is -0.376 e. The Morgan fingerprint density at radius 1 is 0.565 bits per heavy atom. The quantitative estimate of drug-likeness (QED) is 0.160. The Labute approximate surface area is 375 Å². The SMILES string of the molecule is Cc1cc2c3c(c1)N(c1cc4c(cc1C)C(C)(C)CCC4(C)C)c1c(sc4cc5c(cc14)C(C)(C)CCC5(C)C)B3N(c1ccc(C(C)(C)C)cc1)c1cc3ccccc3cc1-2. The lowest BCUT2D eigenvalue weighted by molar-refractivity contribution is 0.332. The molecule has 0 fully saturated rings. The molecule has 0 spiro atoms. The van der Waals surface area contributed by atoms with Gasteiger partial charge in [0.1, 0.15) is 0 Å². The first kappa shape index (κ1) is 40.0. The van der Waals surface area contributed by atoms with Crippen LogP contribution >= 0.6 is 11.3 Å².